The van der Waals surface area contributed by atoms with Crippen LogP contribution in [0.15, 0.2) is 48.9 Å². The topological polar surface area (TPSA) is 110 Å². The van der Waals surface area contributed by atoms with Gasteiger partial charge in [-0.05, 0) is 18.2 Å². The fourth-order valence-electron chi connectivity index (χ4n) is 3.15. The molecule has 2 aromatic heterocycles. The Balaban J connectivity index is 1.69. The molecule has 0 aliphatic carbocycles. The second kappa shape index (κ2) is 6.89. The normalized spacial score (nSPS) is 23.8. The van der Waals surface area contributed by atoms with E-state index in [-0.39, 0.29) is 11.5 Å². The molecular formula is C18H16F2N4O4. The summed E-state index contributed by atoms with van der Waals surface area (Å²) in [5.74, 6) is -3.90. The van der Waals surface area contributed by atoms with Crippen LogP contribution in [-0.4, -0.2) is 55.4 Å². The largest absolute Gasteiger partial charge is 0.394 e. The summed E-state index contributed by atoms with van der Waals surface area (Å²) in [5.41, 5.74) is 0.502. The number of benzene rings is 1. The molecule has 3 atom stereocenters. The molecule has 10 heteroatoms. The third-order valence-electron chi connectivity index (χ3n) is 4.59. The van der Waals surface area contributed by atoms with Crippen LogP contribution in [0.4, 0.5) is 14.6 Å². The number of aliphatic hydroxyl groups is 2. The van der Waals surface area contributed by atoms with Crippen molar-refractivity contribution in [3.63, 3.8) is 0 Å². The number of hydrogen-bond acceptors (Lipinski definition) is 6. The van der Waals surface area contributed by atoms with E-state index in [0.29, 0.717) is 10.9 Å². The highest BCUT2D eigenvalue weighted by Gasteiger charge is 2.59. The van der Waals surface area contributed by atoms with Crippen LogP contribution in [0.5, 0.6) is 0 Å². The van der Waals surface area contributed by atoms with E-state index in [4.69, 9.17) is 9.84 Å². The molecule has 8 nitrogen and oxygen atoms in total. The molecule has 3 N–H and O–H groups in total. The Hall–Kier alpha value is -2.95. The van der Waals surface area contributed by atoms with E-state index in [0.717, 1.165) is 10.9 Å². The predicted molar refractivity (Wildman–Crippen MR) is 93.9 cm³/mol. The van der Waals surface area contributed by atoms with E-state index in [1.807, 2.05) is 0 Å². The van der Waals surface area contributed by atoms with Gasteiger partial charge in [-0.25, -0.2) is 9.97 Å². The number of aliphatic hydroxyl groups excluding tert-OH is 2. The quantitative estimate of drug-likeness (QED) is 0.624. The summed E-state index contributed by atoms with van der Waals surface area (Å²) < 4.78 is 35.1. The van der Waals surface area contributed by atoms with Gasteiger partial charge in [0.05, 0.1) is 12.0 Å². The van der Waals surface area contributed by atoms with E-state index in [2.05, 4.69) is 15.3 Å². The van der Waals surface area contributed by atoms with Gasteiger partial charge in [0.25, 0.3) is 5.91 Å². The van der Waals surface area contributed by atoms with Gasteiger partial charge >= 0.3 is 5.92 Å². The van der Waals surface area contributed by atoms with Crippen LogP contribution >= 0.6 is 0 Å². The number of carbonyl (C=O) groups is 1. The maximum atomic E-state index is 14.4. The average Bonchev–Trinajstić information content (AvgIpc) is 3.22. The van der Waals surface area contributed by atoms with Gasteiger partial charge < -0.3 is 24.8 Å². The fraction of sp³-hybridized carbons (Fsp3) is 0.278. The third kappa shape index (κ3) is 2.91. The van der Waals surface area contributed by atoms with Crippen LogP contribution in [0.3, 0.4) is 0 Å². The molecule has 4 rings (SSSR count). The van der Waals surface area contributed by atoms with E-state index < -0.39 is 36.9 Å². The Bertz CT molecular complexity index is 1010. The van der Waals surface area contributed by atoms with Gasteiger partial charge in [0.2, 0.25) is 6.23 Å². The van der Waals surface area contributed by atoms with Crippen LogP contribution in [0, 0.1) is 0 Å². The number of fused-ring (bicyclic) bond motifs is 1. The van der Waals surface area contributed by atoms with Crippen LogP contribution in [0.25, 0.3) is 11.0 Å². The number of halogens is 2. The first-order valence-corrected chi connectivity index (χ1v) is 8.43. The zero-order valence-electron chi connectivity index (χ0n) is 14.4. The van der Waals surface area contributed by atoms with Gasteiger partial charge in [-0.3, -0.25) is 4.79 Å². The van der Waals surface area contributed by atoms with Crippen molar-refractivity contribution in [3.05, 3.63) is 54.5 Å². The highest BCUT2D eigenvalue weighted by molar-refractivity contribution is 6.07. The lowest BCUT2D eigenvalue weighted by molar-refractivity contribution is -0.138. The van der Waals surface area contributed by atoms with Crippen molar-refractivity contribution in [3.8, 4) is 0 Å². The van der Waals surface area contributed by atoms with Gasteiger partial charge in [-0.1, -0.05) is 18.2 Å². The fourth-order valence-corrected chi connectivity index (χ4v) is 3.15. The zero-order valence-corrected chi connectivity index (χ0v) is 14.4. The summed E-state index contributed by atoms with van der Waals surface area (Å²) in [7, 11) is 0. The summed E-state index contributed by atoms with van der Waals surface area (Å²) in [5, 5.41) is 21.8. The maximum Gasteiger partial charge on any atom is 0.320 e. The number of nitrogens with zero attached hydrogens (tertiary/aromatic N) is 3. The van der Waals surface area contributed by atoms with Crippen molar-refractivity contribution in [1.82, 2.24) is 14.5 Å². The highest BCUT2D eigenvalue weighted by atomic mass is 19.3. The molecule has 0 bridgehead atoms. The van der Waals surface area contributed by atoms with Crippen LogP contribution in [-0.2, 0) is 4.74 Å². The molecule has 1 aromatic carbocycles. The molecule has 3 aromatic rings. The van der Waals surface area contributed by atoms with E-state index in [1.54, 1.807) is 30.3 Å². The minimum atomic E-state index is -3.64. The van der Waals surface area contributed by atoms with E-state index in [1.165, 1.54) is 12.3 Å². The van der Waals surface area contributed by atoms with Crippen molar-refractivity contribution in [2.45, 2.75) is 24.4 Å². The molecule has 0 radical (unpaired) electrons. The summed E-state index contributed by atoms with van der Waals surface area (Å²) in [6, 6.07) is 9.92. The van der Waals surface area contributed by atoms with Gasteiger partial charge in [0, 0.05) is 11.8 Å². The lowest BCUT2D eigenvalue weighted by atomic mass is 10.1. The number of hydrogen-bond donors (Lipinski definition) is 3. The van der Waals surface area contributed by atoms with Crippen molar-refractivity contribution < 1.29 is 28.5 Å². The first-order chi connectivity index (χ1) is 13.4. The molecule has 1 aliphatic heterocycles. The number of nitrogens with one attached hydrogen (secondary N) is 1. The lowest BCUT2D eigenvalue weighted by Gasteiger charge is -2.21. The molecule has 1 aliphatic rings. The second-order valence-corrected chi connectivity index (χ2v) is 6.33. The first kappa shape index (κ1) is 18.4. The number of carbonyl (C=O) groups excluding carboxylic acids is 1. The number of ether oxygens (including phenoxy) is 1. The predicted octanol–water partition coefficient (Wildman–Crippen LogP) is 1.57. The van der Waals surface area contributed by atoms with E-state index >= 15 is 0 Å². The minimum absolute atomic E-state index is 0.0915. The number of alkyl halides is 2. The number of amides is 1. The van der Waals surface area contributed by atoms with Gasteiger partial charge in [-0.15, -0.1) is 0 Å². The van der Waals surface area contributed by atoms with Crippen LogP contribution < -0.4 is 5.32 Å². The first-order valence-electron chi connectivity index (χ1n) is 8.43. The highest BCUT2D eigenvalue weighted by Crippen LogP contribution is 2.44. The molecule has 1 saturated heterocycles. The Morgan fingerprint density at radius 1 is 1.25 bits per heavy atom. The minimum Gasteiger partial charge on any atom is -0.394 e. The SMILES string of the molecule is O=C(Nc1ncnc2c1ccn2[C@@H]1O[C@H](CO)[C@@H](O)C1(F)F)c1ccccc1. The summed E-state index contributed by atoms with van der Waals surface area (Å²) in [6.07, 6.45) is -2.99. The Morgan fingerprint density at radius 2 is 2.00 bits per heavy atom. The molecule has 0 saturated carbocycles. The third-order valence-corrected chi connectivity index (χ3v) is 4.59. The molecule has 3 heterocycles. The summed E-state index contributed by atoms with van der Waals surface area (Å²) >= 11 is 0. The Labute approximate surface area is 157 Å². The number of anilines is 1. The zero-order chi connectivity index (χ0) is 19.9. The second-order valence-electron chi connectivity index (χ2n) is 6.33. The Morgan fingerprint density at radius 3 is 2.68 bits per heavy atom. The summed E-state index contributed by atoms with van der Waals surface area (Å²) in [4.78, 5) is 20.4. The van der Waals surface area contributed by atoms with Gasteiger partial charge in [-0.2, -0.15) is 8.78 Å². The van der Waals surface area contributed by atoms with Crippen molar-refractivity contribution in [2.24, 2.45) is 0 Å². The smallest absolute Gasteiger partial charge is 0.320 e. The average molecular weight is 390 g/mol. The maximum absolute atomic E-state index is 14.4. The lowest BCUT2D eigenvalue weighted by Crippen LogP contribution is -2.39. The van der Waals surface area contributed by atoms with Crippen LogP contribution in [0.2, 0.25) is 0 Å². The molecule has 0 spiro atoms. The molecular weight excluding hydrogens is 374 g/mol. The van der Waals surface area contributed by atoms with Crippen molar-refractivity contribution in [2.75, 3.05) is 11.9 Å². The molecule has 1 amide bonds. The van der Waals surface area contributed by atoms with Gasteiger partial charge in [0.1, 0.15) is 23.9 Å². The molecule has 0 unspecified atom stereocenters. The monoisotopic (exact) mass is 390 g/mol. The number of rotatable bonds is 4. The van der Waals surface area contributed by atoms with E-state index in [9.17, 15) is 18.7 Å². The standard InChI is InChI=1S/C18H16F2N4O4/c19-18(20)13(26)12(8-25)28-17(18)24-7-6-11-14(21-9-22-15(11)24)23-16(27)10-4-2-1-3-5-10/h1-7,9,12-13,17,25-26H,8H2,(H,21,22,23,27)/t12-,13-,17-/m1/s1. The van der Waals surface area contributed by atoms with Crippen molar-refractivity contribution in [1.29, 1.82) is 0 Å². The summed E-state index contributed by atoms with van der Waals surface area (Å²) in [6.45, 7) is -0.750. The van der Waals surface area contributed by atoms with Crippen molar-refractivity contribution >= 4 is 22.8 Å². The molecule has 146 valence electrons. The molecule has 1 fully saturated rings. The Kier molecular flexibility index (Phi) is 4.53. The van der Waals surface area contributed by atoms with Gasteiger partial charge in [0.15, 0.2) is 6.10 Å². The number of aromatic nitrogens is 3. The molecule has 28 heavy (non-hydrogen) atoms. The van der Waals surface area contributed by atoms with Crippen LogP contribution in [0.1, 0.15) is 16.6 Å².